The molecule has 0 radical (unpaired) electrons. The molecule has 27 heavy (non-hydrogen) atoms. The number of aromatic nitrogens is 1. The van der Waals surface area contributed by atoms with Crippen molar-refractivity contribution in [2.45, 2.75) is 10.9 Å². The van der Waals surface area contributed by atoms with E-state index in [2.05, 4.69) is 15.6 Å². The third-order valence-corrected chi connectivity index (χ3v) is 4.76. The van der Waals surface area contributed by atoms with Gasteiger partial charge in [0, 0.05) is 11.9 Å². The molecule has 0 aliphatic rings. The molecule has 138 valence electrons. The number of pyridine rings is 1. The van der Waals surface area contributed by atoms with E-state index in [0.717, 1.165) is 5.56 Å². The minimum absolute atomic E-state index is 0.0240. The Morgan fingerprint density at radius 2 is 1.59 bits per heavy atom. The van der Waals surface area contributed by atoms with Crippen LogP contribution in [0.4, 0.5) is 10.5 Å². The van der Waals surface area contributed by atoms with Crippen LogP contribution in [0.5, 0.6) is 0 Å². The monoisotopic (exact) mass is 382 g/mol. The summed E-state index contributed by atoms with van der Waals surface area (Å²) in [5.41, 5.74) is 2.02. The maximum atomic E-state index is 12.5. The Morgan fingerprint density at radius 3 is 2.19 bits per heavy atom. The summed E-state index contributed by atoms with van der Waals surface area (Å²) in [6, 6.07) is 19.7. The Bertz CT molecular complexity index is 968. The van der Waals surface area contributed by atoms with Crippen LogP contribution in [-0.4, -0.2) is 19.4 Å². The first-order valence-corrected chi connectivity index (χ1v) is 9.64. The number of nitrogens with zero attached hydrogens (tertiary/aromatic N) is 1. The summed E-state index contributed by atoms with van der Waals surface area (Å²) in [6.07, 6.45) is 1.66. The van der Waals surface area contributed by atoms with E-state index in [9.17, 15) is 13.2 Å². The molecule has 3 rings (SSSR count). The molecule has 1 aromatic heterocycles. The number of benzene rings is 2. The first kappa shape index (κ1) is 18.6. The number of urea groups is 1. The lowest BCUT2D eigenvalue weighted by molar-refractivity contribution is 0.250. The Balaban J connectivity index is 1.77. The summed E-state index contributed by atoms with van der Waals surface area (Å²) in [5, 5.41) is 10.6. The van der Waals surface area contributed by atoms with E-state index in [1.54, 1.807) is 12.3 Å². The molecule has 0 spiro atoms. The van der Waals surface area contributed by atoms with Crippen molar-refractivity contribution in [2.24, 2.45) is 5.14 Å². The van der Waals surface area contributed by atoms with Gasteiger partial charge in [0.1, 0.15) is 0 Å². The smallest absolute Gasteiger partial charge is 0.320 e. The standard InChI is InChI=1S/C19H18N4O3S/c20-27(25,26)16-11-9-15(10-12-16)22-19(24)23-18(14-6-2-1-3-7-14)17-8-4-5-13-21-17/h1-13,18H,(H2,20,25,26)(H2,22,23,24)/t18-/m0/s1. The number of carbonyl (C=O) groups excluding carboxylic acids is 1. The summed E-state index contributed by atoms with van der Waals surface area (Å²) in [5.74, 6) is 0. The minimum Gasteiger partial charge on any atom is -0.325 e. The van der Waals surface area contributed by atoms with Gasteiger partial charge in [-0.1, -0.05) is 36.4 Å². The molecule has 0 saturated carbocycles. The van der Waals surface area contributed by atoms with Gasteiger partial charge < -0.3 is 10.6 Å². The Hall–Kier alpha value is -3.23. The van der Waals surface area contributed by atoms with Crippen molar-refractivity contribution in [3.63, 3.8) is 0 Å². The van der Waals surface area contributed by atoms with Crippen LogP contribution in [0.25, 0.3) is 0 Å². The molecule has 1 heterocycles. The maximum absolute atomic E-state index is 12.5. The van der Waals surface area contributed by atoms with Crippen LogP contribution in [0.1, 0.15) is 17.3 Å². The van der Waals surface area contributed by atoms with Gasteiger partial charge in [-0.3, -0.25) is 4.98 Å². The summed E-state index contributed by atoms with van der Waals surface area (Å²) in [6.45, 7) is 0. The van der Waals surface area contributed by atoms with Crippen LogP contribution in [-0.2, 0) is 10.0 Å². The first-order valence-electron chi connectivity index (χ1n) is 8.10. The summed E-state index contributed by atoms with van der Waals surface area (Å²) in [4.78, 5) is 16.8. The minimum atomic E-state index is -3.78. The van der Waals surface area contributed by atoms with Crippen LogP contribution >= 0.6 is 0 Å². The molecule has 4 N–H and O–H groups in total. The summed E-state index contributed by atoms with van der Waals surface area (Å²) in [7, 11) is -3.78. The number of rotatable bonds is 5. The average Bonchev–Trinajstić information content (AvgIpc) is 2.67. The fourth-order valence-electron chi connectivity index (χ4n) is 2.55. The Labute approximate surface area is 157 Å². The number of nitrogens with two attached hydrogens (primary N) is 1. The van der Waals surface area contributed by atoms with Gasteiger partial charge in [-0.05, 0) is 42.0 Å². The van der Waals surface area contributed by atoms with E-state index in [1.807, 2.05) is 42.5 Å². The van der Waals surface area contributed by atoms with Crippen LogP contribution in [0.3, 0.4) is 0 Å². The molecule has 0 fully saturated rings. The Kier molecular flexibility index (Phi) is 5.49. The number of anilines is 1. The van der Waals surface area contributed by atoms with Crippen molar-refractivity contribution in [1.82, 2.24) is 10.3 Å². The van der Waals surface area contributed by atoms with Crippen LogP contribution in [0, 0.1) is 0 Å². The van der Waals surface area contributed by atoms with Crippen LogP contribution in [0.15, 0.2) is 83.9 Å². The first-order chi connectivity index (χ1) is 12.9. The predicted octanol–water partition coefficient (Wildman–Crippen LogP) is 2.64. The predicted molar refractivity (Wildman–Crippen MR) is 102 cm³/mol. The highest BCUT2D eigenvalue weighted by Gasteiger charge is 2.18. The van der Waals surface area contributed by atoms with Gasteiger partial charge in [-0.25, -0.2) is 18.4 Å². The number of nitrogens with one attached hydrogen (secondary N) is 2. The Morgan fingerprint density at radius 1 is 0.926 bits per heavy atom. The van der Waals surface area contributed by atoms with Gasteiger partial charge >= 0.3 is 6.03 Å². The molecule has 7 nitrogen and oxygen atoms in total. The number of carbonyl (C=O) groups is 1. The molecule has 8 heteroatoms. The second kappa shape index (κ2) is 7.98. The van der Waals surface area contributed by atoms with Gasteiger partial charge in [-0.15, -0.1) is 0 Å². The third-order valence-electron chi connectivity index (χ3n) is 3.83. The molecule has 2 aromatic carbocycles. The SMILES string of the molecule is NS(=O)(=O)c1ccc(NC(=O)N[C@@H](c2ccccc2)c2ccccn2)cc1. The van der Waals surface area contributed by atoms with Gasteiger partial charge in [0.25, 0.3) is 0 Å². The highest BCUT2D eigenvalue weighted by atomic mass is 32.2. The molecule has 1 atom stereocenters. The zero-order valence-corrected chi connectivity index (χ0v) is 15.1. The molecular formula is C19H18N4O3S. The summed E-state index contributed by atoms with van der Waals surface area (Å²) >= 11 is 0. The molecule has 3 aromatic rings. The van der Waals surface area contributed by atoms with E-state index >= 15 is 0 Å². The number of amides is 2. The second-order valence-electron chi connectivity index (χ2n) is 5.77. The molecule has 0 aliphatic heterocycles. The van der Waals surface area contributed by atoms with E-state index in [1.165, 1.54) is 24.3 Å². The maximum Gasteiger partial charge on any atom is 0.320 e. The molecule has 2 amide bonds. The lowest BCUT2D eigenvalue weighted by atomic mass is 10.0. The van der Waals surface area contributed by atoms with Gasteiger partial charge in [0.2, 0.25) is 10.0 Å². The van der Waals surface area contributed by atoms with E-state index < -0.39 is 22.1 Å². The van der Waals surface area contributed by atoms with Crippen molar-refractivity contribution in [2.75, 3.05) is 5.32 Å². The summed E-state index contributed by atoms with van der Waals surface area (Å²) < 4.78 is 22.6. The van der Waals surface area contributed by atoms with Gasteiger partial charge in [0.15, 0.2) is 0 Å². The molecule has 0 saturated heterocycles. The third kappa shape index (κ3) is 4.90. The number of primary sulfonamides is 1. The average molecular weight is 382 g/mol. The fourth-order valence-corrected chi connectivity index (χ4v) is 3.06. The fraction of sp³-hybridized carbons (Fsp3) is 0.0526. The molecule has 0 unspecified atom stereocenters. The number of sulfonamides is 1. The molecule has 0 aliphatic carbocycles. The second-order valence-corrected chi connectivity index (χ2v) is 7.33. The molecular weight excluding hydrogens is 364 g/mol. The van der Waals surface area contributed by atoms with E-state index in [0.29, 0.717) is 11.4 Å². The van der Waals surface area contributed by atoms with Crippen LogP contribution in [0.2, 0.25) is 0 Å². The number of hydrogen-bond acceptors (Lipinski definition) is 4. The lowest BCUT2D eigenvalue weighted by Crippen LogP contribution is -2.33. The van der Waals surface area contributed by atoms with E-state index in [-0.39, 0.29) is 4.90 Å². The van der Waals surface area contributed by atoms with E-state index in [4.69, 9.17) is 5.14 Å². The number of hydrogen-bond donors (Lipinski definition) is 3. The largest absolute Gasteiger partial charge is 0.325 e. The zero-order chi connectivity index (χ0) is 19.3. The highest BCUT2D eigenvalue weighted by Crippen LogP contribution is 2.20. The van der Waals surface area contributed by atoms with Crippen molar-refractivity contribution < 1.29 is 13.2 Å². The lowest BCUT2D eigenvalue weighted by Gasteiger charge is -2.19. The molecule has 0 bridgehead atoms. The van der Waals surface area contributed by atoms with Crippen LogP contribution < -0.4 is 15.8 Å². The van der Waals surface area contributed by atoms with Crippen molar-refractivity contribution in [3.05, 3.63) is 90.3 Å². The zero-order valence-electron chi connectivity index (χ0n) is 14.2. The normalized spacial score (nSPS) is 12.2. The van der Waals surface area contributed by atoms with Gasteiger partial charge in [0.05, 0.1) is 16.6 Å². The quantitative estimate of drug-likeness (QED) is 0.629. The van der Waals surface area contributed by atoms with Gasteiger partial charge in [-0.2, -0.15) is 0 Å². The van der Waals surface area contributed by atoms with Crippen molar-refractivity contribution in [3.8, 4) is 0 Å². The topological polar surface area (TPSA) is 114 Å². The highest BCUT2D eigenvalue weighted by molar-refractivity contribution is 7.89. The van der Waals surface area contributed by atoms with Crippen molar-refractivity contribution >= 4 is 21.7 Å². The van der Waals surface area contributed by atoms with Crippen molar-refractivity contribution in [1.29, 1.82) is 0 Å².